The molecule has 1 fully saturated rings. The molecule has 0 saturated heterocycles. The van der Waals surface area contributed by atoms with E-state index < -0.39 is 5.82 Å². The van der Waals surface area contributed by atoms with E-state index in [0.29, 0.717) is 28.5 Å². The lowest BCUT2D eigenvalue weighted by molar-refractivity contribution is 0.130. The smallest absolute Gasteiger partial charge is 0.229 e. The third-order valence-corrected chi connectivity index (χ3v) is 6.04. The average molecular weight is 446 g/mol. The first-order valence-corrected chi connectivity index (χ1v) is 11.1. The molecule has 1 aliphatic carbocycles. The molecule has 8 nitrogen and oxygen atoms in total. The Morgan fingerprint density at radius 1 is 1.18 bits per heavy atom. The molecule has 4 aromatic rings. The second-order valence-corrected chi connectivity index (χ2v) is 8.62. The van der Waals surface area contributed by atoms with Gasteiger partial charge in [0.15, 0.2) is 11.5 Å². The molecule has 9 heteroatoms. The predicted molar refractivity (Wildman–Crippen MR) is 117 cm³/mol. The SMILES string of the molecule is CC(C)c1noc(C2CCC(Oc3ccnc4c(-c5ccc(C#N)cc5F)cnn34)CC2)n1. The lowest BCUT2D eigenvalue weighted by Crippen LogP contribution is -2.24. The first kappa shape index (κ1) is 21.1. The Morgan fingerprint density at radius 2 is 2.00 bits per heavy atom. The fourth-order valence-corrected chi connectivity index (χ4v) is 4.20. The molecule has 0 radical (unpaired) electrons. The van der Waals surface area contributed by atoms with Crippen molar-refractivity contribution in [2.45, 2.75) is 57.5 Å². The number of benzene rings is 1. The molecular weight excluding hydrogens is 423 g/mol. The van der Waals surface area contributed by atoms with Crippen LogP contribution < -0.4 is 4.74 Å². The Kier molecular flexibility index (Phi) is 5.50. The van der Waals surface area contributed by atoms with Gasteiger partial charge in [0, 0.05) is 35.2 Å². The van der Waals surface area contributed by atoms with E-state index in [0.717, 1.165) is 31.5 Å². The van der Waals surface area contributed by atoms with Gasteiger partial charge in [0.1, 0.15) is 11.9 Å². The van der Waals surface area contributed by atoms with Gasteiger partial charge in [0.25, 0.3) is 0 Å². The van der Waals surface area contributed by atoms with Crippen molar-refractivity contribution in [2.75, 3.05) is 0 Å². The van der Waals surface area contributed by atoms with Crippen LogP contribution >= 0.6 is 0 Å². The molecule has 5 rings (SSSR count). The first-order chi connectivity index (χ1) is 16.0. The topological polar surface area (TPSA) is 102 Å². The van der Waals surface area contributed by atoms with Crippen LogP contribution in [0.5, 0.6) is 5.88 Å². The van der Waals surface area contributed by atoms with Crippen molar-refractivity contribution in [3.63, 3.8) is 0 Å². The molecule has 0 bridgehead atoms. The summed E-state index contributed by atoms with van der Waals surface area (Å²) < 4.78 is 27.9. The molecule has 3 aromatic heterocycles. The van der Waals surface area contributed by atoms with Crippen molar-refractivity contribution in [3.05, 3.63) is 59.8 Å². The highest BCUT2D eigenvalue weighted by atomic mass is 19.1. The Morgan fingerprint density at radius 3 is 2.70 bits per heavy atom. The van der Waals surface area contributed by atoms with E-state index >= 15 is 0 Å². The summed E-state index contributed by atoms with van der Waals surface area (Å²) in [4.78, 5) is 8.93. The Labute approximate surface area is 190 Å². The molecular formula is C24H23FN6O2. The Balaban J connectivity index is 1.32. The highest BCUT2D eigenvalue weighted by Crippen LogP contribution is 2.35. The molecule has 0 N–H and O–H groups in total. The monoisotopic (exact) mass is 446 g/mol. The first-order valence-electron chi connectivity index (χ1n) is 11.1. The maximum absolute atomic E-state index is 14.6. The predicted octanol–water partition coefficient (Wildman–Crippen LogP) is 5.02. The number of rotatable bonds is 5. The Hall–Kier alpha value is -3.80. The van der Waals surface area contributed by atoms with Gasteiger partial charge in [0.05, 0.1) is 17.8 Å². The zero-order valence-electron chi connectivity index (χ0n) is 18.4. The summed E-state index contributed by atoms with van der Waals surface area (Å²) in [6.07, 6.45) is 6.74. The zero-order chi connectivity index (χ0) is 22.9. The lowest BCUT2D eigenvalue weighted by atomic mass is 9.87. The van der Waals surface area contributed by atoms with Crippen molar-refractivity contribution in [1.82, 2.24) is 24.7 Å². The van der Waals surface area contributed by atoms with Crippen molar-refractivity contribution in [2.24, 2.45) is 0 Å². The highest BCUT2D eigenvalue weighted by molar-refractivity contribution is 5.78. The minimum Gasteiger partial charge on any atom is -0.474 e. The maximum Gasteiger partial charge on any atom is 0.229 e. The quantitative estimate of drug-likeness (QED) is 0.424. The number of nitrogens with zero attached hydrogens (tertiary/aromatic N) is 6. The third-order valence-electron chi connectivity index (χ3n) is 6.04. The van der Waals surface area contributed by atoms with Gasteiger partial charge < -0.3 is 9.26 Å². The van der Waals surface area contributed by atoms with Crippen LogP contribution in [-0.4, -0.2) is 30.8 Å². The van der Waals surface area contributed by atoms with Gasteiger partial charge in [0.2, 0.25) is 11.8 Å². The average Bonchev–Trinajstić information content (AvgIpc) is 3.48. The molecule has 3 heterocycles. The fraction of sp³-hybridized carbons (Fsp3) is 0.375. The number of fused-ring (bicyclic) bond motifs is 1. The summed E-state index contributed by atoms with van der Waals surface area (Å²) in [5, 5.41) is 17.4. The van der Waals surface area contributed by atoms with Crippen LogP contribution in [0.2, 0.25) is 0 Å². The van der Waals surface area contributed by atoms with Crippen LogP contribution in [0.25, 0.3) is 16.8 Å². The van der Waals surface area contributed by atoms with Crippen LogP contribution in [0.15, 0.2) is 41.2 Å². The van der Waals surface area contributed by atoms with Gasteiger partial charge in [-0.3, -0.25) is 0 Å². The minimum absolute atomic E-state index is 0.0265. The molecule has 0 spiro atoms. The van der Waals surface area contributed by atoms with Crippen LogP contribution in [0, 0.1) is 17.1 Å². The standard InChI is InChI=1S/C24H23FN6O2/c1-14(2)22-29-24(33-30-22)16-4-6-17(7-5-16)32-21-9-10-27-23-19(13-28-31(21)23)18-8-3-15(12-26)11-20(18)25/h3,8-11,13-14,16-17H,4-7H2,1-2H3. The van der Waals surface area contributed by atoms with E-state index in [-0.39, 0.29) is 23.5 Å². The molecule has 1 aromatic carbocycles. The second kappa shape index (κ2) is 8.62. The van der Waals surface area contributed by atoms with Crippen molar-refractivity contribution in [3.8, 4) is 23.1 Å². The van der Waals surface area contributed by atoms with Gasteiger partial charge in [-0.1, -0.05) is 19.0 Å². The number of ether oxygens (including phenoxy) is 1. The summed E-state index contributed by atoms with van der Waals surface area (Å²) in [5.41, 5.74) is 1.65. The second-order valence-electron chi connectivity index (χ2n) is 8.62. The number of hydrogen-bond acceptors (Lipinski definition) is 7. The van der Waals surface area contributed by atoms with Crippen LogP contribution in [-0.2, 0) is 0 Å². The number of halogens is 1. The summed E-state index contributed by atoms with van der Waals surface area (Å²) in [5.74, 6) is 2.02. The number of hydrogen-bond donors (Lipinski definition) is 0. The molecule has 0 aliphatic heterocycles. The Bertz CT molecular complexity index is 1330. The van der Waals surface area contributed by atoms with Crippen molar-refractivity contribution >= 4 is 5.65 Å². The normalized spacial score (nSPS) is 18.5. The summed E-state index contributed by atoms with van der Waals surface area (Å²) in [7, 11) is 0. The van der Waals surface area contributed by atoms with Gasteiger partial charge in [-0.15, -0.1) is 0 Å². The van der Waals surface area contributed by atoms with Gasteiger partial charge >= 0.3 is 0 Å². The molecule has 168 valence electrons. The summed E-state index contributed by atoms with van der Waals surface area (Å²) in [6, 6.07) is 8.07. The molecule has 1 aliphatic rings. The highest BCUT2D eigenvalue weighted by Gasteiger charge is 2.28. The van der Waals surface area contributed by atoms with E-state index in [2.05, 4.69) is 20.2 Å². The van der Waals surface area contributed by atoms with E-state index in [1.165, 1.54) is 6.07 Å². The van der Waals surface area contributed by atoms with Crippen LogP contribution in [0.1, 0.15) is 68.6 Å². The number of nitriles is 1. The molecule has 0 atom stereocenters. The maximum atomic E-state index is 14.6. The number of aromatic nitrogens is 5. The lowest BCUT2D eigenvalue weighted by Gasteiger charge is -2.27. The third kappa shape index (κ3) is 4.04. The van der Waals surface area contributed by atoms with E-state index in [4.69, 9.17) is 14.5 Å². The van der Waals surface area contributed by atoms with Crippen LogP contribution in [0.3, 0.4) is 0 Å². The molecule has 33 heavy (non-hydrogen) atoms. The van der Waals surface area contributed by atoms with Crippen LogP contribution in [0.4, 0.5) is 4.39 Å². The molecule has 0 amide bonds. The van der Waals surface area contributed by atoms with Crippen molar-refractivity contribution in [1.29, 1.82) is 5.26 Å². The molecule has 0 unspecified atom stereocenters. The molecule has 1 saturated carbocycles. The summed E-state index contributed by atoms with van der Waals surface area (Å²) >= 11 is 0. The van der Waals surface area contributed by atoms with E-state index in [9.17, 15) is 4.39 Å². The van der Waals surface area contributed by atoms with Crippen molar-refractivity contribution < 1.29 is 13.7 Å². The van der Waals surface area contributed by atoms with Gasteiger partial charge in [-0.05, 0) is 43.9 Å². The fourth-order valence-electron chi connectivity index (χ4n) is 4.20. The van der Waals surface area contributed by atoms with E-state index in [1.54, 1.807) is 35.1 Å². The zero-order valence-corrected chi connectivity index (χ0v) is 18.4. The largest absolute Gasteiger partial charge is 0.474 e. The summed E-state index contributed by atoms with van der Waals surface area (Å²) in [6.45, 7) is 4.09. The van der Waals surface area contributed by atoms with Gasteiger partial charge in [-0.25, -0.2) is 9.37 Å². The minimum atomic E-state index is -0.489. The van der Waals surface area contributed by atoms with E-state index in [1.807, 2.05) is 19.9 Å². The van der Waals surface area contributed by atoms with Gasteiger partial charge in [-0.2, -0.15) is 19.9 Å².